The molecule has 2 atom stereocenters. The number of Topliss-reactive ketones (excluding diaryl/α,β-unsaturated/α-hetero) is 1. The van der Waals surface area contributed by atoms with E-state index in [1.165, 1.54) is 12.3 Å². The van der Waals surface area contributed by atoms with E-state index in [0.717, 1.165) is 10.7 Å². The Morgan fingerprint density at radius 3 is 2.69 bits per heavy atom. The van der Waals surface area contributed by atoms with Crippen LogP contribution < -0.4 is 5.32 Å². The van der Waals surface area contributed by atoms with E-state index in [1.54, 1.807) is 12.1 Å². The first-order valence-electron chi connectivity index (χ1n) is 8.96. The summed E-state index contributed by atoms with van der Waals surface area (Å²) < 4.78 is 26.5. The van der Waals surface area contributed by atoms with Crippen molar-refractivity contribution in [3.05, 3.63) is 24.4 Å². The van der Waals surface area contributed by atoms with Gasteiger partial charge in [0.25, 0.3) is 10.0 Å². The van der Waals surface area contributed by atoms with Gasteiger partial charge in [0.1, 0.15) is 0 Å². The first kappa shape index (κ1) is 20.5. The Morgan fingerprint density at radius 1 is 1.35 bits per heavy atom. The van der Waals surface area contributed by atoms with Crippen molar-refractivity contribution in [2.45, 2.75) is 51.1 Å². The number of hydrogen-bond donors (Lipinski definition) is 1. The largest absolute Gasteiger partial charge is 0.346 e. The minimum atomic E-state index is -3.81. The first-order valence-corrected chi connectivity index (χ1v) is 10.4. The van der Waals surface area contributed by atoms with Gasteiger partial charge in [-0.2, -0.15) is 4.31 Å². The van der Waals surface area contributed by atoms with Crippen LogP contribution in [0.15, 0.2) is 29.4 Å². The van der Waals surface area contributed by atoms with Gasteiger partial charge in [0, 0.05) is 18.7 Å². The quantitative estimate of drug-likeness (QED) is 0.807. The predicted octanol–water partition coefficient (Wildman–Crippen LogP) is 1.60. The molecule has 1 aromatic heterocycles. The average molecular weight is 381 g/mol. The maximum absolute atomic E-state index is 12.7. The summed E-state index contributed by atoms with van der Waals surface area (Å²) in [5, 5.41) is 2.73. The molecule has 0 saturated carbocycles. The van der Waals surface area contributed by atoms with Gasteiger partial charge in [-0.05, 0) is 37.3 Å². The summed E-state index contributed by atoms with van der Waals surface area (Å²) >= 11 is 0. The summed E-state index contributed by atoms with van der Waals surface area (Å²) in [6.07, 6.45) is 3.09. The first-order chi connectivity index (χ1) is 12.2. The molecule has 1 N–H and O–H groups in total. The number of aromatic nitrogens is 1. The van der Waals surface area contributed by atoms with Gasteiger partial charge in [0.05, 0.1) is 12.6 Å². The molecule has 0 aliphatic carbocycles. The highest BCUT2D eigenvalue weighted by atomic mass is 32.2. The molecule has 1 fully saturated rings. The number of hydrogen-bond acceptors (Lipinski definition) is 5. The van der Waals surface area contributed by atoms with Crippen LogP contribution in [0.2, 0.25) is 0 Å². The minimum absolute atomic E-state index is 0.0687. The van der Waals surface area contributed by atoms with Crippen LogP contribution >= 0.6 is 0 Å². The molecular weight excluding hydrogens is 354 g/mol. The third-order valence-electron chi connectivity index (χ3n) is 4.45. The highest BCUT2D eigenvalue weighted by Gasteiger charge is 2.33. The van der Waals surface area contributed by atoms with Crippen LogP contribution in [-0.2, 0) is 19.6 Å². The molecule has 8 heteroatoms. The molecule has 0 aromatic carbocycles. The molecule has 0 bridgehead atoms. The topological polar surface area (TPSA) is 96.4 Å². The minimum Gasteiger partial charge on any atom is -0.346 e. The van der Waals surface area contributed by atoms with Crippen molar-refractivity contribution >= 4 is 21.7 Å². The Morgan fingerprint density at radius 2 is 2.08 bits per heavy atom. The van der Waals surface area contributed by atoms with Gasteiger partial charge in [-0.3, -0.25) is 9.59 Å². The van der Waals surface area contributed by atoms with Crippen LogP contribution in [0, 0.1) is 11.8 Å². The second kappa shape index (κ2) is 8.73. The fourth-order valence-electron chi connectivity index (χ4n) is 3.11. The van der Waals surface area contributed by atoms with E-state index in [0.29, 0.717) is 18.8 Å². The van der Waals surface area contributed by atoms with Crippen LogP contribution in [0.3, 0.4) is 0 Å². The highest BCUT2D eigenvalue weighted by molar-refractivity contribution is 7.89. The number of nitrogens with zero attached hydrogens (tertiary/aromatic N) is 2. The SMILES string of the molecule is CC(C)C[C@H](C)C(=O)NC1CCCN(S(=O)(=O)c2ccccn2)CC1=O. The van der Waals surface area contributed by atoms with Gasteiger partial charge in [-0.25, -0.2) is 13.4 Å². The summed E-state index contributed by atoms with van der Waals surface area (Å²) in [6, 6.07) is 4.01. The van der Waals surface area contributed by atoms with Gasteiger partial charge in [0.15, 0.2) is 10.8 Å². The Kier molecular flexibility index (Phi) is 6.88. The Hall–Kier alpha value is -1.80. The number of sulfonamides is 1. The molecule has 144 valence electrons. The van der Waals surface area contributed by atoms with E-state index in [2.05, 4.69) is 10.3 Å². The van der Waals surface area contributed by atoms with Crippen LogP contribution in [0.1, 0.15) is 40.0 Å². The van der Waals surface area contributed by atoms with Crippen LogP contribution in [0.5, 0.6) is 0 Å². The summed E-state index contributed by atoms with van der Waals surface area (Å²) in [5.74, 6) is -0.232. The lowest BCUT2D eigenvalue weighted by Gasteiger charge is -2.20. The number of rotatable bonds is 6. The summed E-state index contributed by atoms with van der Waals surface area (Å²) in [5.41, 5.74) is 0. The Balaban J connectivity index is 2.05. The Bertz CT molecular complexity index is 734. The number of amides is 1. The zero-order chi connectivity index (χ0) is 19.3. The third-order valence-corrected chi connectivity index (χ3v) is 6.21. The van der Waals surface area contributed by atoms with Gasteiger partial charge in [-0.1, -0.05) is 26.8 Å². The van der Waals surface area contributed by atoms with Gasteiger partial charge >= 0.3 is 0 Å². The van der Waals surface area contributed by atoms with Crippen molar-refractivity contribution in [1.82, 2.24) is 14.6 Å². The molecule has 0 radical (unpaired) electrons. The number of nitrogens with one attached hydrogen (secondary N) is 1. The smallest absolute Gasteiger partial charge is 0.260 e. The lowest BCUT2D eigenvalue weighted by Crippen LogP contribution is -2.45. The number of carbonyl (C=O) groups is 2. The monoisotopic (exact) mass is 381 g/mol. The molecule has 0 spiro atoms. The van der Waals surface area contributed by atoms with E-state index in [1.807, 2.05) is 20.8 Å². The highest BCUT2D eigenvalue weighted by Crippen LogP contribution is 2.18. The van der Waals surface area contributed by atoms with E-state index in [4.69, 9.17) is 0 Å². The Labute approximate surface area is 155 Å². The molecule has 2 heterocycles. The number of pyridine rings is 1. The van der Waals surface area contributed by atoms with Gasteiger partial charge in [0.2, 0.25) is 5.91 Å². The van der Waals surface area contributed by atoms with Crippen molar-refractivity contribution in [2.75, 3.05) is 13.1 Å². The molecule has 1 amide bonds. The molecule has 1 aliphatic rings. The lowest BCUT2D eigenvalue weighted by molar-refractivity contribution is -0.130. The van der Waals surface area contributed by atoms with Gasteiger partial charge in [-0.15, -0.1) is 0 Å². The molecule has 1 saturated heterocycles. The fraction of sp³-hybridized carbons (Fsp3) is 0.611. The van der Waals surface area contributed by atoms with E-state index >= 15 is 0 Å². The van der Waals surface area contributed by atoms with E-state index in [-0.39, 0.29) is 35.7 Å². The van der Waals surface area contributed by atoms with Crippen LogP contribution in [0.25, 0.3) is 0 Å². The van der Waals surface area contributed by atoms with E-state index in [9.17, 15) is 18.0 Å². The number of carbonyl (C=O) groups excluding carboxylic acids is 2. The second-order valence-electron chi connectivity index (χ2n) is 7.21. The average Bonchev–Trinajstić information content (AvgIpc) is 2.77. The summed E-state index contributed by atoms with van der Waals surface area (Å²) in [4.78, 5) is 28.7. The zero-order valence-corrected chi connectivity index (χ0v) is 16.3. The van der Waals surface area contributed by atoms with Crippen molar-refractivity contribution in [1.29, 1.82) is 0 Å². The molecule has 1 aromatic rings. The molecule has 1 unspecified atom stereocenters. The zero-order valence-electron chi connectivity index (χ0n) is 15.5. The third kappa shape index (κ3) is 5.11. The standard InChI is InChI=1S/C18H27N3O4S/c1-13(2)11-14(3)18(23)20-15-7-6-10-21(12-16(15)22)26(24,25)17-8-4-5-9-19-17/h4-5,8-9,13-15H,6-7,10-12H2,1-3H3,(H,20,23)/t14-,15?/m0/s1. The number of ketones is 1. The second-order valence-corrected chi connectivity index (χ2v) is 9.09. The van der Waals surface area contributed by atoms with Crippen molar-refractivity contribution in [3.8, 4) is 0 Å². The molecule has 7 nitrogen and oxygen atoms in total. The lowest BCUT2D eigenvalue weighted by atomic mass is 9.97. The maximum atomic E-state index is 12.7. The predicted molar refractivity (Wildman–Crippen MR) is 97.8 cm³/mol. The molecule has 1 aliphatic heterocycles. The van der Waals surface area contributed by atoms with Crippen molar-refractivity contribution < 1.29 is 18.0 Å². The van der Waals surface area contributed by atoms with E-state index < -0.39 is 16.1 Å². The molecule has 2 rings (SSSR count). The van der Waals surface area contributed by atoms with Crippen molar-refractivity contribution in [2.24, 2.45) is 11.8 Å². The van der Waals surface area contributed by atoms with Crippen LogP contribution in [-0.4, -0.2) is 48.5 Å². The summed E-state index contributed by atoms with van der Waals surface area (Å²) in [6.45, 7) is 5.91. The maximum Gasteiger partial charge on any atom is 0.260 e. The molecular formula is C18H27N3O4S. The van der Waals surface area contributed by atoms with Crippen molar-refractivity contribution in [3.63, 3.8) is 0 Å². The normalized spacial score (nSPS) is 20.6. The molecule has 26 heavy (non-hydrogen) atoms. The summed E-state index contributed by atoms with van der Waals surface area (Å²) in [7, 11) is -3.81. The van der Waals surface area contributed by atoms with Crippen LogP contribution in [0.4, 0.5) is 0 Å². The fourth-order valence-corrected chi connectivity index (χ4v) is 4.49. The van der Waals surface area contributed by atoms with Gasteiger partial charge < -0.3 is 5.32 Å².